The van der Waals surface area contributed by atoms with Crippen molar-refractivity contribution < 1.29 is 4.39 Å². The van der Waals surface area contributed by atoms with Crippen LogP contribution in [0.4, 0.5) is 4.39 Å². The van der Waals surface area contributed by atoms with E-state index in [0.29, 0.717) is 11.8 Å². The van der Waals surface area contributed by atoms with E-state index < -0.39 is 0 Å². The lowest BCUT2D eigenvalue weighted by Gasteiger charge is -2.14. The summed E-state index contributed by atoms with van der Waals surface area (Å²) in [5.41, 5.74) is 1.09. The van der Waals surface area contributed by atoms with Gasteiger partial charge in [-0.15, -0.1) is 0 Å². The Morgan fingerprint density at radius 1 is 1.24 bits per heavy atom. The van der Waals surface area contributed by atoms with Gasteiger partial charge >= 0.3 is 0 Å². The number of hydrogen-bond donors (Lipinski definition) is 1. The Hall–Kier alpha value is -0.600. The Labute approximate surface area is 108 Å². The van der Waals surface area contributed by atoms with Crippen molar-refractivity contribution in [1.82, 2.24) is 5.32 Å². The quantitative estimate of drug-likeness (QED) is 0.815. The first kappa shape index (κ1) is 14.5. The topological polar surface area (TPSA) is 12.0 Å². The summed E-state index contributed by atoms with van der Waals surface area (Å²) in [5, 5.41) is 3.64. The third-order valence-corrected chi connectivity index (χ3v) is 2.90. The summed E-state index contributed by atoms with van der Waals surface area (Å²) >= 11 is 5.75. The monoisotopic (exact) mass is 257 g/mol. The van der Waals surface area contributed by atoms with Gasteiger partial charge < -0.3 is 5.32 Å². The summed E-state index contributed by atoms with van der Waals surface area (Å²) in [6, 6.07) is 4.96. The number of halogens is 2. The predicted molar refractivity (Wildman–Crippen MR) is 72.0 cm³/mol. The summed E-state index contributed by atoms with van der Waals surface area (Å²) in [7, 11) is 0. The van der Waals surface area contributed by atoms with Gasteiger partial charge in [0.25, 0.3) is 0 Å². The van der Waals surface area contributed by atoms with E-state index >= 15 is 0 Å². The first-order chi connectivity index (χ1) is 7.99. The molecule has 0 saturated carbocycles. The number of nitrogens with one attached hydrogen (secondary N) is 1. The molecule has 1 aromatic rings. The maximum atomic E-state index is 13.0. The second-order valence-electron chi connectivity index (χ2n) is 5.11. The van der Waals surface area contributed by atoms with E-state index in [9.17, 15) is 4.39 Å². The maximum absolute atomic E-state index is 13.0. The molecule has 1 nitrogen and oxygen atoms in total. The molecule has 17 heavy (non-hydrogen) atoms. The van der Waals surface area contributed by atoms with Crippen LogP contribution in [0.1, 0.15) is 26.3 Å². The Kier molecular flexibility index (Phi) is 5.93. The summed E-state index contributed by atoms with van der Waals surface area (Å²) in [5.74, 6) is 0.846. The van der Waals surface area contributed by atoms with E-state index in [1.54, 1.807) is 12.1 Å². The van der Waals surface area contributed by atoms with Gasteiger partial charge in [-0.3, -0.25) is 0 Å². The van der Waals surface area contributed by atoms with Crippen molar-refractivity contribution in [3.8, 4) is 0 Å². The Balaban J connectivity index is 2.39. The molecule has 3 heteroatoms. The minimum absolute atomic E-state index is 0.213. The van der Waals surface area contributed by atoms with Gasteiger partial charge in [-0.2, -0.15) is 0 Å². The molecule has 0 saturated heterocycles. The van der Waals surface area contributed by atoms with Crippen molar-refractivity contribution in [3.05, 3.63) is 34.6 Å². The van der Waals surface area contributed by atoms with Crippen LogP contribution in [0.3, 0.4) is 0 Å². The zero-order valence-electron chi connectivity index (χ0n) is 10.8. The number of hydrogen-bond acceptors (Lipinski definition) is 1. The number of rotatable bonds is 6. The molecule has 0 amide bonds. The fourth-order valence-electron chi connectivity index (χ4n) is 1.76. The standard InChI is InChI=1S/C14H21ClFN/c1-10(2)8-17-9-11(3)6-12-4-5-14(16)13(15)7-12/h4-5,7,10-11,17H,6,8-9H2,1-3H3. The van der Waals surface area contributed by atoms with Gasteiger partial charge in [-0.25, -0.2) is 4.39 Å². The van der Waals surface area contributed by atoms with Crippen LogP contribution in [0, 0.1) is 17.7 Å². The zero-order chi connectivity index (χ0) is 12.8. The van der Waals surface area contributed by atoms with Crippen molar-refractivity contribution in [2.24, 2.45) is 11.8 Å². The lowest BCUT2D eigenvalue weighted by atomic mass is 10.0. The minimum Gasteiger partial charge on any atom is -0.316 e. The molecule has 1 N–H and O–H groups in total. The van der Waals surface area contributed by atoms with Crippen LogP contribution < -0.4 is 5.32 Å². The fraction of sp³-hybridized carbons (Fsp3) is 0.571. The molecular weight excluding hydrogens is 237 g/mol. The molecule has 1 rings (SSSR count). The van der Waals surface area contributed by atoms with Crippen LogP contribution in [0.15, 0.2) is 18.2 Å². The molecule has 1 aromatic carbocycles. The van der Waals surface area contributed by atoms with Crippen molar-refractivity contribution in [2.45, 2.75) is 27.2 Å². The van der Waals surface area contributed by atoms with Gasteiger partial charge in [0.1, 0.15) is 5.82 Å². The fourth-order valence-corrected chi connectivity index (χ4v) is 1.96. The molecule has 0 spiro atoms. The molecule has 0 aliphatic heterocycles. The van der Waals surface area contributed by atoms with Gasteiger partial charge in [-0.05, 0) is 49.0 Å². The third-order valence-electron chi connectivity index (χ3n) is 2.61. The molecule has 0 heterocycles. The first-order valence-electron chi connectivity index (χ1n) is 6.13. The smallest absolute Gasteiger partial charge is 0.141 e. The SMILES string of the molecule is CC(C)CNCC(C)Cc1ccc(F)c(Cl)c1. The molecule has 0 fully saturated rings. The van der Waals surface area contributed by atoms with E-state index in [4.69, 9.17) is 11.6 Å². The highest BCUT2D eigenvalue weighted by Gasteiger charge is 2.06. The van der Waals surface area contributed by atoms with Crippen molar-refractivity contribution >= 4 is 11.6 Å². The normalized spacial score (nSPS) is 13.1. The Morgan fingerprint density at radius 2 is 1.94 bits per heavy atom. The van der Waals surface area contributed by atoms with Gasteiger partial charge in [-0.1, -0.05) is 38.4 Å². The summed E-state index contributed by atoms with van der Waals surface area (Å²) in [6.07, 6.45) is 0.922. The molecule has 1 unspecified atom stereocenters. The highest BCUT2D eigenvalue weighted by Crippen LogP contribution is 2.18. The van der Waals surface area contributed by atoms with E-state index in [1.165, 1.54) is 6.07 Å². The average molecular weight is 258 g/mol. The average Bonchev–Trinajstić information content (AvgIpc) is 2.23. The van der Waals surface area contributed by atoms with Crippen LogP contribution in [0.25, 0.3) is 0 Å². The first-order valence-corrected chi connectivity index (χ1v) is 6.51. The zero-order valence-corrected chi connectivity index (χ0v) is 11.5. The Bertz CT molecular complexity index is 352. The Morgan fingerprint density at radius 3 is 2.53 bits per heavy atom. The van der Waals surface area contributed by atoms with Gasteiger partial charge in [0.2, 0.25) is 0 Å². The second kappa shape index (κ2) is 6.97. The molecule has 96 valence electrons. The largest absolute Gasteiger partial charge is 0.316 e. The van der Waals surface area contributed by atoms with Crippen molar-refractivity contribution in [3.63, 3.8) is 0 Å². The molecule has 0 bridgehead atoms. The third kappa shape index (κ3) is 5.51. The van der Waals surface area contributed by atoms with Gasteiger partial charge in [0, 0.05) is 0 Å². The molecular formula is C14H21ClFN. The van der Waals surface area contributed by atoms with E-state index in [-0.39, 0.29) is 10.8 Å². The minimum atomic E-state index is -0.346. The maximum Gasteiger partial charge on any atom is 0.141 e. The molecule has 0 aromatic heterocycles. The van der Waals surface area contributed by atoms with E-state index in [2.05, 4.69) is 26.1 Å². The molecule has 1 atom stereocenters. The van der Waals surface area contributed by atoms with Crippen LogP contribution in [0.5, 0.6) is 0 Å². The van der Waals surface area contributed by atoms with Gasteiger partial charge in [0.15, 0.2) is 0 Å². The second-order valence-corrected chi connectivity index (χ2v) is 5.52. The van der Waals surface area contributed by atoms with Gasteiger partial charge in [0.05, 0.1) is 5.02 Å². The van der Waals surface area contributed by atoms with Crippen LogP contribution in [-0.2, 0) is 6.42 Å². The lowest BCUT2D eigenvalue weighted by molar-refractivity contribution is 0.473. The lowest BCUT2D eigenvalue weighted by Crippen LogP contribution is -2.26. The van der Waals surface area contributed by atoms with Crippen LogP contribution in [-0.4, -0.2) is 13.1 Å². The molecule has 0 radical (unpaired) electrons. The molecule has 0 aliphatic carbocycles. The van der Waals surface area contributed by atoms with E-state index in [1.807, 2.05) is 0 Å². The van der Waals surface area contributed by atoms with E-state index in [0.717, 1.165) is 25.1 Å². The van der Waals surface area contributed by atoms with Crippen LogP contribution in [0.2, 0.25) is 5.02 Å². The molecule has 0 aliphatic rings. The highest BCUT2D eigenvalue weighted by molar-refractivity contribution is 6.30. The highest BCUT2D eigenvalue weighted by atomic mass is 35.5. The van der Waals surface area contributed by atoms with Crippen molar-refractivity contribution in [1.29, 1.82) is 0 Å². The number of benzene rings is 1. The summed E-state index contributed by atoms with van der Waals surface area (Å²) in [6.45, 7) is 8.58. The van der Waals surface area contributed by atoms with Crippen LogP contribution >= 0.6 is 11.6 Å². The summed E-state index contributed by atoms with van der Waals surface area (Å²) < 4.78 is 13.0. The van der Waals surface area contributed by atoms with Crippen molar-refractivity contribution in [2.75, 3.05) is 13.1 Å². The summed E-state index contributed by atoms with van der Waals surface area (Å²) in [4.78, 5) is 0. The predicted octanol–water partition coefficient (Wildman–Crippen LogP) is 3.90.